The molecule has 0 saturated carbocycles. The van der Waals surface area contributed by atoms with Gasteiger partial charge in [-0.1, -0.05) is 15.9 Å². The Balaban J connectivity index is 2.30. The third-order valence-electron chi connectivity index (χ3n) is 3.32. The fourth-order valence-corrected chi connectivity index (χ4v) is 6.21. The summed E-state index contributed by atoms with van der Waals surface area (Å²) >= 11 is 3.32. The van der Waals surface area contributed by atoms with Gasteiger partial charge in [-0.05, 0) is 44.0 Å². The topological polar surface area (TPSA) is 80.3 Å². The van der Waals surface area contributed by atoms with Crippen molar-refractivity contribution in [3.05, 3.63) is 28.2 Å². The molecule has 1 aliphatic heterocycles. The molecule has 0 bridgehead atoms. The number of halogens is 1. The summed E-state index contributed by atoms with van der Waals surface area (Å²) in [6, 6.07) is 4.71. The van der Waals surface area contributed by atoms with E-state index in [1.807, 2.05) is 0 Å². The Morgan fingerprint density at radius 1 is 1.35 bits per heavy atom. The normalized spacial score (nSPS) is 25.8. The van der Waals surface area contributed by atoms with Gasteiger partial charge in [0.15, 0.2) is 9.84 Å². The quantitative estimate of drug-likeness (QED) is 0.862. The van der Waals surface area contributed by atoms with Gasteiger partial charge < -0.3 is 0 Å². The van der Waals surface area contributed by atoms with Gasteiger partial charge in [0.1, 0.15) is 0 Å². The number of aryl methyl sites for hydroxylation is 1. The van der Waals surface area contributed by atoms with Crippen molar-refractivity contribution in [2.75, 3.05) is 11.5 Å². The average molecular weight is 382 g/mol. The largest absolute Gasteiger partial charge is 0.241 e. The van der Waals surface area contributed by atoms with Crippen LogP contribution in [0.2, 0.25) is 0 Å². The third kappa shape index (κ3) is 3.41. The molecule has 0 amide bonds. The van der Waals surface area contributed by atoms with Crippen molar-refractivity contribution in [2.45, 2.75) is 30.7 Å². The monoisotopic (exact) mass is 381 g/mol. The zero-order valence-corrected chi connectivity index (χ0v) is 14.4. The predicted molar refractivity (Wildman–Crippen MR) is 80.9 cm³/mol. The highest BCUT2D eigenvalue weighted by atomic mass is 79.9. The number of hydrogen-bond donors (Lipinski definition) is 1. The minimum absolute atomic E-state index is 0.0192. The lowest BCUT2D eigenvalue weighted by Gasteiger charge is -2.23. The second-order valence-corrected chi connectivity index (χ2v) is 10.1. The van der Waals surface area contributed by atoms with Gasteiger partial charge in [-0.15, -0.1) is 0 Å². The molecule has 5 nitrogen and oxygen atoms in total. The minimum Gasteiger partial charge on any atom is -0.229 e. The summed E-state index contributed by atoms with van der Waals surface area (Å²) in [6.45, 7) is 3.42. The van der Waals surface area contributed by atoms with E-state index in [4.69, 9.17) is 0 Å². The van der Waals surface area contributed by atoms with Gasteiger partial charge in [0, 0.05) is 10.0 Å². The maximum atomic E-state index is 12.3. The molecule has 2 rings (SSSR count). The summed E-state index contributed by atoms with van der Waals surface area (Å²) < 4.78 is 51.1. The van der Waals surface area contributed by atoms with E-state index < -0.39 is 25.4 Å². The molecule has 0 spiro atoms. The summed E-state index contributed by atoms with van der Waals surface area (Å²) in [5, 5.41) is 0. The van der Waals surface area contributed by atoms with Crippen LogP contribution in [0.3, 0.4) is 0 Å². The Morgan fingerprint density at radius 3 is 2.50 bits per heavy atom. The number of rotatable bonds is 3. The smallest absolute Gasteiger partial charge is 0.229 e. The first-order valence-electron chi connectivity index (χ1n) is 6.04. The highest BCUT2D eigenvalue weighted by molar-refractivity contribution is 9.10. The Bertz CT molecular complexity index is 743. The van der Waals surface area contributed by atoms with Crippen molar-refractivity contribution in [1.82, 2.24) is 4.72 Å². The van der Waals surface area contributed by atoms with Crippen LogP contribution in [0.5, 0.6) is 0 Å². The first-order chi connectivity index (χ1) is 9.03. The van der Waals surface area contributed by atoms with Crippen molar-refractivity contribution >= 4 is 35.8 Å². The molecule has 1 unspecified atom stereocenters. The van der Waals surface area contributed by atoms with Gasteiger partial charge >= 0.3 is 0 Å². The number of benzene rings is 1. The van der Waals surface area contributed by atoms with Crippen LogP contribution in [0.1, 0.15) is 18.9 Å². The summed E-state index contributed by atoms with van der Waals surface area (Å²) in [5.41, 5.74) is -0.129. The molecule has 1 N–H and O–H groups in total. The second kappa shape index (κ2) is 5.08. The van der Waals surface area contributed by atoms with E-state index in [1.54, 1.807) is 26.0 Å². The first-order valence-corrected chi connectivity index (χ1v) is 10.1. The van der Waals surface area contributed by atoms with Gasteiger partial charge in [0.05, 0.1) is 16.4 Å². The van der Waals surface area contributed by atoms with Crippen LogP contribution in [0.15, 0.2) is 27.6 Å². The van der Waals surface area contributed by atoms with Crippen molar-refractivity contribution in [3.63, 3.8) is 0 Å². The van der Waals surface area contributed by atoms with Gasteiger partial charge in [-0.3, -0.25) is 0 Å². The summed E-state index contributed by atoms with van der Waals surface area (Å²) in [7, 11) is -6.88. The van der Waals surface area contributed by atoms with Gasteiger partial charge in [0.25, 0.3) is 0 Å². The van der Waals surface area contributed by atoms with Crippen molar-refractivity contribution < 1.29 is 16.8 Å². The number of nitrogens with one attached hydrogen (secondary N) is 1. The Morgan fingerprint density at radius 2 is 2.00 bits per heavy atom. The average Bonchev–Trinajstić information content (AvgIpc) is 2.55. The fourth-order valence-electron chi connectivity index (χ4n) is 2.26. The lowest BCUT2D eigenvalue weighted by Crippen LogP contribution is -2.46. The zero-order chi connectivity index (χ0) is 15.2. The molecule has 1 heterocycles. The maximum Gasteiger partial charge on any atom is 0.241 e. The molecular formula is C12H16BrNO4S2. The van der Waals surface area contributed by atoms with Crippen molar-refractivity contribution in [1.29, 1.82) is 0 Å². The predicted octanol–water partition coefficient (Wildman–Crippen LogP) is 1.61. The van der Waals surface area contributed by atoms with Gasteiger partial charge in [0.2, 0.25) is 10.0 Å². The Kier molecular flexibility index (Phi) is 4.05. The molecule has 1 aromatic rings. The van der Waals surface area contributed by atoms with Gasteiger partial charge in [-0.25, -0.2) is 21.6 Å². The van der Waals surface area contributed by atoms with Crippen LogP contribution in [-0.4, -0.2) is 33.9 Å². The fraction of sp³-hybridized carbons (Fsp3) is 0.500. The van der Waals surface area contributed by atoms with E-state index >= 15 is 0 Å². The lowest BCUT2D eigenvalue weighted by molar-refractivity contribution is 0.462. The van der Waals surface area contributed by atoms with E-state index in [1.165, 1.54) is 6.07 Å². The van der Waals surface area contributed by atoms with Gasteiger partial charge in [-0.2, -0.15) is 0 Å². The van der Waals surface area contributed by atoms with E-state index in [0.717, 1.165) is 10.0 Å². The first kappa shape index (κ1) is 15.9. The Hall–Kier alpha value is -0.440. The van der Waals surface area contributed by atoms with Crippen LogP contribution in [0.4, 0.5) is 0 Å². The second-order valence-electron chi connectivity index (χ2n) is 5.42. The number of sulfonamides is 1. The molecule has 0 radical (unpaired) electrons. The molecular weight excluding hydrogens is 366 g/mol. The van der Waals surface area contributed by atoms with E-state index in [9.17, 15) is 16.8 Å². The maximum absolute atomic E-state index is 12.3. The summed E-state index contributed by atoms with van der Waals surface area (Å²) in [5.74, 6) is -0.139. The number of sulfone groups is 1. The Labute approximate surface area is 127 Å². The molecule has 1 aromatic carbocycles. The molecule has 0 aliphatic carbocycles. The van der Waals surface area contributed by atoms with E-state index in [2.05, 4.69) is 20.7 Å². The molecule has 8 heteroatoms. The van der Waals surface area contributed by atoms with Crippen LogP contribution in [0, 0.1) is 6.92 Å². The van der Waals surface area contributed by atoms with Crippen LogP contribution in [-0.2, 0) is 19.9 Å². The standard InChI is InChI=1S/C12H16BrNO4S2/c1-9-7-10(3-4-11(9)13)20(17,18)14-12(2)5-6-19(15,16)8-12/h3-4,7,14H,5-6,8H2,1-2H3. The third-order valence-corrected chi connectivity index (χ3v) is 7.75. The van der Waals surface area contributed by atoms with Crippen molar-refractivity contribution in [3.8, 4) is 0 Å². The molecule has 1 aliphatic rings. The number of hydrogen-bond acceptors (Lipinski definition) is 4. The molecule has 112 valence electrons. The van der Waals surface area contributed by atoms with Crippen LogP contribution >= 0.6 is 15.9 Å². The summed E-state index contributed by atoms with van der Waals surface area (Å²) in [4.78, 5) is 0.142. The SMILES string of the molecule is Cc1cc(S(=O)(=O)NC2(C)CCS(=O)(=O)C2)ccc1Br. The lowest BCUT2D eigenvalue weighted by atomic mass is 10.0. The van der Waals surface area contributed by atoms with E-state index in [-0.39, 0.29) is 16.4 Å². The highest BCUT2D eigenvalue weighted by Crippen LogP contribution is 2.26. The molecule has 0 aromatic heterocycles. The van der Waals surface area contributed by atoms with E-state index in [0.29, 0.717) is 6.42 Å². The minimum atomic E-state index is -3.73. The van der Waals surface area contributed by atoms with Crippen LogP contribution < -0.4 is 4.72 Å². The zero-order valence-electron chi connectivity index (χ0n) is 11.2. The molecule has 1 saturated heterocycles. The van der Waals surface area contributed by atoms with Crippen LogP contribution in [0.25, 0.3) is 0 Å². The summed E-state index contributed by atoms with van der Waals surface area (Å²) in [6.07, 6.45) is 0.296. The molecule has 20 heavy (non-hydrogen) atoms. The van der Waals surface area contributed by atoms with Crippen molar-refractivity contribution in [2.24, 2.45) is 0 Å². The molecule has 1 fully saturated rings. The molecule has 1 atom stereocenters. The highest BCUT2D eigenvalue weighted by Gasteiger charge is 2.41.